The van der Waals surface area contributed by atoms with Crippen LogP contribution in [0.3, 0.4) is 0 Å². The van der Waals surface area contributed by atoms with Gasteiger partial charge in [0, 0.05) is 12.2 Å². The first kappa shape index (κ1) is 23.7. The van der Waals surface area contributed by atoms with E-state index in [1.165, 1.54) is 13.0 Å². The second kappa shape index (κ2) is 10.3. The fraction of sp³-hybridized carbons (Fsp3) is 0.316. The molecule has 0 aliphatic carbocycles. The lowest BCUT2D eigenvalue weighted by atomic mass is 10.1. The van der Waals surface area contributed by atoms with E-state index in [9.17, 15) is 18.0 Å². The maximum atomic E-state index is 13.0. The van der Waals surface area contributed by atoms with Crippen LogP contribution in [0.5, 0.6) is 5.75 Å². The van der Waals surface area contributed by atoms with Gasteiger partial charge in [-0.05, 0) is 48.4 Å². The average Bonchev–Trinajstić information content (AvgIpc) is 2.65. The van der Waals surface area contributed by atoms with Gasteiger partial charge in [0.25, 0.3) is 5.91 Å². The third kappa shape index (κ3) is 6.70. The molecule has 3 N–H and O–H groups in total. The zero-order valence-corrected chi connectivity index (χ0v) is 16.2. The van der Waals surface area contributed by atoms with Crippen molar-refractivity contribution in [1.82, 2.24) is 0 Å². The number of carbonyl (C=O) groups is 1. The van der Waals surface area contributed by atoms with Gasteiger partial charge >= 0.3 is 6.18 Å². The Hall–Kier alpha value is -2.29. The van der Waals surface area contributed by atoms with Crippen molar-refractivity contribution in [3.8, 4) is 5.75 Å². The van der Waals surface area contributed by atoms with Crippen LogP contribution in [0.1, 0.15) is 23.6 Å². The van der Waals surface area contributed by atoms with Gasteiger partial charge in [-0.15, -0.1) is 12.4 Å². The summed E-state index contributed by atoms with van der Waals surface area (Å²) in [5, 5.41) is 2.44. The molecule has 154 valence electrons. The van der Waals surface area contributed by atoms with Crippen molar-refractivity contribution in [1.29, 1.82) is 0 Å². The van der Waals surface area contributed by atoms with Crippen LogP contribution in [-0.2, 0) is 28.9 Å². The normalized spacial score (nSPS) is 12.1. The Morgan fingerprint density at radius 1 is 1.18 bits per heavy atom. The lowest BCUT2D eigenvalue weighted by Crippen LogP contribution is -2.28. The summed E-state index contributed by atoms with van der Waals surface area (Å²) in [6.45, 7) is 1.60. The second-order valence-corrected chi connectivity index (χ2v) is 5.91. The summed E-state index contributed by atoms with van der Waals surface area (Å²) in [5.74, 6) is 0.103. The molecule has 1 amide bonds. The molecule has 0 saturated heterocycles. The Labute approximate surface area is 167 Å². The molecule has 0 heterocycles. The molecule has 0 fully saturated rings. The molecule has 0 aliphatic heterocycles. The molecule has 9 heteroatoms. The summed E-state index contributed by atoms with van der Waals surface area (Å²) < 4.78 is 49.5. The predicted molar refractivity (Wildman–Crippen MR) is 102 cm³/mol. The number of methoxy groups -OCH3 is 1. The van der Waals surface area contributed by atoms with E-state index in [1.807, 2.05) is 6.07 Å². The number of hydrogen-bond donors (Lipinski definition) is 2. The number of nitrogens with two attached hydrogens (primary N) is 1. The molecule has 1 atom stereocenters. The van der Waals surface area contributed by atoms with E-state index in [1.54, 1.807) is 25.3 Å². The van der Waals surface area contributed by atoms with Gasteiger partial charge in [-0.1, -0.05) is 12.1 Å². The Kier molecular flexibility index (Phi) is 8.74. The molecule has 2 rings (SSSR count). The van der Waals surface area contributed by atoms with Crippen LogP contribution >= 0.6 is 12.4 Å². The number of rotatable bonds is 7. The Morgan fingerprint density at radius 2 is 1.89 bits per heavy atom. The first-order chi connectivity index (χ1) is 12.7. The minimum absolute atomic E-state index is 0. The maximum absolute atomic E-state index is 13.0. The monoisotopic (exact) mass is 418 g/mol. The van der Waals surface area contributed by atoms with E-state index < -0.39 is 23.8 Å². The molecule has 2 aromatic carbocycles. The fourth-order valence-corrected chi connectivity index (χ4v) is 2.35. The van der Waals surface area contributed by atoms with Gasteiger partial charge < -0.3 is 20.5 Å². The number of hydrogen-bond acceptors (Lipinski definition) is 4. The standard InChI is InChI=1S/C19H21F3N2O3.ClH/c1-12(27-11-13-4-3-5-17(8-13)26-2)18(25)24-16-7-14(10-23)6-15(9-16)19(20,21)22;/h3-9,12H,10-11,23H2,1-2H3,(H,24,25);1H. The zero-order chi connectivity index (χ0) is 20.0. The quantitative estimate of drug-likeness (QED) is 0.708. The number of benzene rings is 2. The van der Waals surface area contributed by atoms with Crippen LogP contribution in [0.15, 0.2) is 42.5 Å². The van der Waals surface area contributed by atoms with Crippen LogP contribution in [0.25, 0.3) is 0 Å². The molecule has 0 spiro atoms. The number of ether oxygens (including phenoxy) is 2. The molecular weight excluding hydrogens is 397 g/mol. The van der Waals surface area contributed by atoms with Gasteiger partial charge in [-0.25, -0.2) is 0 Å². The summed E-state index contributed by atoms with van der Waals surface area (Å²) in [7, 11) is 1.54. The Morgan fingerprint density at radius 3 is 2.50 bits per heavy atom. The largest absolute Gasteiger partial charge is 0.497 e. The number of nitrogens with one attached hydrogen (secondary N) is 1. The van der Waals surface area contributed by atoms with Gasteiger partial charge in [-0.2, -0.15) is 13.2 Å². The second-order valence-electron chi connectivity index (χ2n) is 5.91. The number of carbonyl (C=O) groups excluding carboxylic acids is 1. The van der Waals surface area contributed by atoms with E-state index in [0.717, 1.165) is 17.7 Å². The highest BCUT2D eigenvalue weighted by atomic mass is 35.5. The van der Waals surface area contributed by atoms with Crippen molar-refractivity contribution in [2.45, 2.75) is 32.4 Å². The van der Waals surface area contributed by atoms with Crippen molar-refractivity contribution < 1.29 is 27.4 Å². The van der Waals surface area contributed by atoms with Crippen molar-refractivity contribution >= 4 is 24.0 Å². The smallest absolute Gasteiger partial charge is 0.416 e. The van der Waals surface area contributed by atoms with E-state index in [2.05, 4.69) is 5.32 Å². The van der Waals surface area contributed by atoms with Crippen molar-refractivity contribution in [3.05, 3.63) is 59.2 Å². The van der Waals surface area contributed by atoms with Gasteiger partial charge in [0.1, 0.15) is 11.9 Å². The number of anilines is 1. The fourth-order valence-electron chi connectivity index (χ4n) is 2.35. The zero-order valence-electron chi connectivity index (χ0n) is 15.4. The first-order valence-electron chi connectivity index (χ1n) is 8.19. The molecular formula is C19H22ClF3N2O3. The molecule has 0 radical (unpaired) electrons. The Bertz CT molecular complexity index is 800. The minimum atomic E-state index is -4.53. The molecule has 5 nitrogen and oxygen atoms in total. The van der Waals surface area contributed by atoms with Gasteiger partial charge in [-0.3, -0.25) is 4.79 Å². The summed E-state index contributed by atoms with van der Waals surface area (Å²) in [4.78, 5) is 12.2. The minimum Gasteiger partial charge on any atom is -0.497 e. The highest BCUT2D eigenvalue weighted by Gasteiger charge is 2.31. The van der Waals surface area contributed by atoms with Gasteiger partial charge in [0.05, 0.1) is 19.3 Å². The highest BCUT2D eigenvalue weighted by molar-refractivity contribution is 5.94. The topological polar surface area (TPSA) is 73.6 Å². The lowest BCUT2D eigenvalue weighted by molar-refractivity contribution is -0.137. The summed E-state index contributed by atoms with van der Waals surface area (Å²) >= 11 is 0. The Balaban J connectivity index is 0.00000392. The molecule has 0 bridgehead atoms. The molecule has 1 unspecified atom stereocenters. The van der Waals surface area contributed by atoms with Crippen LogP contribution in [-0.4, -0.2) is 19.1 Å². The lowest BCUT2D eigenvalue weighted by Gasteiger charge is -2.16. The molecule has 2 aromatic rings. The SMILES string of the molecule is COc1cccc(COC(C)C(=O)Nc2cc(CN)cc(C(F)(F)F)c2)c1.Cl. The molecule has 0 aromatic heterocycles. The molecule has 0 saturated carbocycles. The predicted octanol–water partition coefficient (Wildman–Crippen LogP) is 4.14. The average molecular weight is 419 g/mol. The number of alkyl halides is 3. The summed E-state index contributed by atoms with van der Waals surface area (Å²) in [5.41, 5.74) is 5.67. The van der Waals surface area contributed by atoms with Crippen molar-refractivity contribution in [3.63, 3.8) is 0 Å². The highest BCUT2D eigenvalue weighted by Crippen LogP contribution is 2.32. The van der Waals surface area contributed by atoms with Crippen molar-refractivity contribution in [2.75, 3.05) is 12.4 Å². The van der Waals surface area contributed by atoms with E-state index in [-0.39, 0.29) is 36.8 Å². The van der Waals surface area contributed by atoms with Crippen LogP contribution in [0, 0.1) is 0 Å². The number of amides is 1. The summed E-state index contributed by atoms with van der Waals surface area (Å²) in [6, 6.07) is 10.4. The summed E-state index contributed by atoms with van der Waals surface area (Å²) in [6.07, 6.45) is -5.40. The van der Waals surface area contributed by atoms with Gasteiger partial charge in [0.2, 0.25) is 0 Å². The first-order valence-corrected chi connectivity index (χ1v) is 8.19. The third-order valence-electron chi connectivity index (χ3n) is 3.83. The van der Waals surface area contributed by atoms with Crippen LogP contribution in [0.2, 0.25) is 0 Å². The van der Waals surface area contributed by atoms with E-state index >= 15 is 0 Å². The van der Waals surface area contributed by atoms with Crippen LogP contribution in [0.4, 0.5) is 18.9 Å². The molecule has 0 aliphatic rings. The van der Waals surface area contributed by atoms with Gasteiger partial charge in [0.15, 0.2) is 0 Å². The maximum Gasteiger partial charge on any atom is 0.416 e. The van der Waals surface area contributed by atoms with Crippen molar-refractivity contribution in [2.24, 2.45) is 5.73 Å². The van der Waals surface area contributed by atoms with E-state index in [0.29, 0.717) is 5.75 Å². The van der Waals surface area contributed by atoms with Crippen LogP contribution < -0.4 is 15.8 Å². The number of halogens is 4. The van der Waals surface area contributed by atoms with E-state index in [4.69, 9.17) is 15.2 Å². The third-order valence-corrected chi connectivity index (χ3v) is 3.83. The molecule has 28 heavy (non-hydrogen) atoms.